The van der Waals surface area contributed by atoms with E-state index in [1.54, 1.807) is 0 Å². The van der Waals surface area contributed by atoms with E-state index in [1.807, 2.05) is 54.7 Å². The highest BCUT2D eigenvalue weighted by molar-refractivity contribution is 6.30. The summed E-state index contributed by atoms with van der Waals surface area (Å²) in [6, 6.07) is 17.8. The molecule has 1 fully saturated rings. The largest absolute Gasteiger partial charge is 0.493 e. The third kappa shape index (κ3) is 7.09. The molecule has 0 saturated heterocycles. The maximum atomic E-state index is 6.09. The Labute approximate surface area is 202 Å². The van der Waals surface area contributed by atoms with Gasteiger partial charge in [0.25, 0.3) is 0 Å². The molecule has 2 N–H and O–H groups in total. The van der Waals surface area contributed by atoms with Crippen LogP contribution in [0.4, 0.5) is 0 Å². The summed E-state index contributed by atoms with van der Waals surface area (Å²) in [7, 11) is 0. The van der Waals surface area contributed by atoms with Crippen LogP contribution in [-0.2, 0) is 0 Å². The van der Waals surface area contributed by atoms with Crippen LogP contribution in [-0.4, -0.2) is 18.1 Å². The van der Waals surface area contributed by atoms with E-state index in [4.69, 9.17) is 22.1 Å². The van der Waals surface area contributed by atoms with Crippen molar-refractivity contribution in [3.8, 4) is 28.7 Å². The average Bonchev–Trinajstić information content (AvgIpc) is 3.64. The van der Waals surface area contributed by atoms with Gasteiger partial charge in [-0.1, -0.05) is 48.6 Å². The molecule has 170 valence electrons. The van der Waals surface area contributed by atoms with Gasteiger partial charge in [-0.05, 0) is 98.0 Å². The van der Waals surface area contributed by atoms with Gasteiger partial charge in [-0.3, -0.25) is 0 Å². The van der Waals surface area contributed by atoms with Gasteiger partial charge in [0.1, 0.15) is 11.4 Å². The van der Waals surface area contributed by atoms with Gasteiger partial charge in [-0.15, -0.1) is 0 Å². The topological polar surface area (TPSA) is 48.1 Å². The minimum Gasteiger partial charge on any atom is -0.493 e. The quantitative estimate of drug-likeness (QED) is 0.365. The number of aryl methyl sites for hydroxylation is 1. The Balaban J connectivity index is 1.33. The lowest BCUT2D eigenvalue weighted by atomic mass is 9.95. The molecule has 3 nitrogen and oxygen atoms in total. The fourth-order valence-electron chi connectivity index (χ4n) is 4.08. The first-order valence-electron chi connectivity index (χ1n) is 11.8. The van der Waals surface area contributed by atoms with E-state index in [0.717, 1.165) is 70.6 Å². The number of aromatic nitrogens is 1. The molecule has 0 aliphatic heterocycles. The number of rotatable bonds is 9. The standard InChI is InChI=1S/C29H31ClN2O/c1-21-18-22(5-13-29(21)33-17-15-24(14-16-31)19-23-2-3-23)4-11-28-12-8-26(20-32-28)25-6-9-27(30)10-7-25/h5-10,12-13,18,20,23-24H,2-3,14-17,19,31H2,1H3. The molecule has 4 heteroatoms. The van der Waals surface area contributed by atoms with Gasteiger partial charge in [0.15, 0.2) is 0 Å². The number of benzene rings is 2. The zero-order valence-electron chi connectivity index (χ0n) is 19.2. The number of nitrogens with zero attached hydrogens (tertiary/aromatic N) is 1. The molecular formula is C29H31ClN2O. The Morgan fingerprint density at radius 1 is 1.03 bits per heavy atom. The Morgan fingerprint density at radius 2 is 1.82 bits per heavy atom. The molecule has 33 heavy (non-hydrogen) atoms. The summed E-state index contributed by atoms with van der Waals surface area (Å²) in [6.07, 6.45) is 8.12. The molecular weight excluding hydrogens is 428 g/mol. The minimum atomic E-state index is 0.687. The van der Waals surface area contributed by atoms with Crippen LogP contribution in [0.2, 0.25) is 5.02 Å². The number of ether oxygens (including phenoxy) is 1. The van der Waals surface area contributed by atoms with Crippen LogP contribution in [0, 0.1) is 30.6 Å². The van der Waals surface area contributed by atoms with Crippen LogP contribution >= 0.6 is 11.6 Å². The smallest absolute Gasteiger partial charge is 0.122 e. The molecule has 0 bridgehead atoms. The Morgan fingerprint density at radius 3 is 2.48 bits per heavy atom. The van der Waals surface area contributed by atoms with Gasteiger partial charge >= 0.3 is 0 Å². The number of hydrogen-bond donors (Lipinski definition) is 1. The van der Waals surface area contributed by atoms with Gasteiger partial charge in [0, 0.05) is 22.3 Å². The third-order valence-corrected chi connectivity index (χ3v) is 6.43. The van der Waals surface area contributed by atoms with Crippen molar-refractivity contribution in [2.45, 2.75) is 39.0 Å². The van der Waals surface area contributed by atoms with Crippen LogP contribution in [0.25, 0.3) is 11.1 Å². The number of halogens is 1. The summed E-state index contributed by atoms with van der Waals surface area (Å²) in [5, 5.41) is 0.727. The molecule has 1 aliphatic rings. The third-order valence-electron chi connectivity index (χ3n) is 6.17. The van der Waals surface area contributed by atoms with Crippen molar-refractivity contribution >= 4 is 11.6 Å². The molecule has 0 radical (unpaired) electrons. The van der Waals surface area contributed by atoms with E-state index >= 15 is 0 Å². The van der Waals surface area contributed by atoms with Crippen molar-refractivity contribution in [2.75, 3.05) is 13.2 Å². The molecule has 1 unspecified atom stereocenters. The summed E-state index contributed by atoms with van der Waals surface area (Å²) in [6.45, 7) is 3.58. The molecule has 1 saturated carbocycles. The van der Waals surface area contributed by atoms with Crippen molar-refractivity contribution in [1.29, 1.82) is 0 Å². The predicted molar refractivity (Wildman–Crippen MR) is 136 cm³/mol. The van der Waals surface area contributed by atoms with Crippen LogP contribution < -0.4 is 10.5 Å². The van der Waals surface area contributed by atoms with E-state index in [1.165, 1.54) is 19.3 Å². The second kappa shape index (κ2) is 11.4. The second-order valence-corrected chi connectivity index (χ2v) is 9.37. The van der Waals surface area contributed by atoms with Crippen LogP contribution in [0.1, 0.15) is 48.9 Å². The highest BCUT2D eigenvalue weighted by Gasteiger charge is 2.25. The SMILES string of the molecule is Cc1cc(C#Cc2ccc(-c3ccc(Cl)cc3)cn2)ccc1OCCC(CCN)CC1CC1. The first kappa shape index (κ1) is 23.4. The van der Waals surface area contributed by atoms with Crippen LogP contribution in [0.3, 0.4) is 0 Å². The van der Waals surface area contributed by atoms with Crippen LogP contribution in [0.15, 0.2) is 60.8 Å². The molecule has 2 aromatic carbocycles. The molecule has 1 heterocycles. The number of pyridine rings is 1. The van der Waals surface area contributed by atoms with Gasteiger partial charge in [0.05, 0.1) is 6.61 Å². The van der Waals surface area contributed by atoms with E-state index < -0.39 is 0 Å². The van der Waals surface area contributed by atoms with Gasteiger partial charge in [-0.2, -0.15) is 0 Å². The number of hydrogen-bond acceptors (Lipinski definition) is 3. The normalized spacial score (nSPS) is 13.8. The zero-order valence-corrected chi connectivity index (χ0v) is 19.9. The monoisotopic (exact) mass is 458 g/mol. The van der Waals surface area contributed by atoms with E-state index in [2.05, 4.69) is 29.8 Å². The van der Waals surface area contributed by atoms with Crippen molar-refractivity contribution in [1.82, 2.24) is 4.98 Å². The molecule has 0 spiro atoms. The molecule has 1 aromatic heterocycles. The first-order valence-corrected chi connectivity index (χ1v) is 12.2. The molecule has 4 rings (SSSR count). The van der Waals surface area contributed by atoms with E-state index in [9.17, 15) is 0 Å². The Hall–Kier alpha value is -2.80. The lowest BCUT2D eigenvalue weighted by molar-refractivity contribution is 0.261. The van der Waals surface area contributed by atoms with Gasteiger partial charge in [-0.25, -0.2) is 4.98 Å². The zero-order chi connectivity index (χ0) is 23.0. The molecule has 1 atom stereocenters. The van der Waals surface area contributed by atoms with Crippen molar-refractivity contribution in [3.05, 3.63) is 82.6 Å². The Kier molecular flexibility index (Phi) is 8.05. The first-order chi connectivity index (χ1) is 16.1. The second-order valence-electron chi connectivity index (χ2n) is 8.93. The van der Waals surface area contributed by atoms with Crippen molar-refractivity contribution in [3.63, 3.8) is 0 Å². The molecule has 0 amide bonds. The maximum Gasteiger partial charge on any atom is 0.122 e. The minimum absolute atomic E-state index is 0.687. The van der Waals surface area contributed by atoms with Crippen molar-refractivity contribution in [2.24, 2.45) is 17.6 Å². The van der Waals surface area contributed by atoms with E-state index in [-0.39, 0.29) is 0 Å². The molecule has 1 aliphatic carbocycles. The Bertz CT molecular complexity index is 1110. The fourth-order valence-corrected chi connectivity index (χ4v) is 4.21. The summed E-state index contributed by atoms with van der Waals surface area (Å²) in [4.78, 5) is 4.49. The average molecular weight is 459 g/mol. The highest BCUT2D eigenvalue weighted by atomic mass is 35.5. The summed E-state index contributed by atoms with van der Waals surface area (Å²) < 4.78 is 6.09. The lowest BCUT2D eigenvalue weighted by Crippen LogP contribution is -2.13. The van der Waals surface area contributed by atoms with E-state index in [0.29, 0.717) is 5.92 Å². The maximum absolute atomic E-state index is 6.09. The van der Waals surface area contributed by atoms with Crippen LogP contribution in [0.5, 0.6) is 5.75 Å². The lowest BCUT2D eigenvalue weighted by Gasteiger charge is -2.17. The fraction of sp³-hybridized carbons (Fsp3) is 0.345. The van der Waals surface area contributed by atoms with Gasteiger partial charge in [0.2, 0.25) is 0 Å². The van der Waals surface area contributed by atoms with Crippen molar-refractivity contribution < 1.29 is 4.74 Å². The number of nitrogens with two attached hydrogens (primary N) is 1. The summed E-state index contributed by atoms with van der Waals surface area (Å²) in [5.41, 5.74) is 10.7. The van der Waals surface area contributed by atoms with Gasteiger partial charge < -0.3 is 10.5 Å². The summed E-state index contributed by atoms with van der Waals surface area (Å²) in [5.74, 6) is 8.93. The highest BCUT2D eigenvalue weighted by Crippen LogP contribution is 2.37. The summed E-state index contributed by atoms with van der Waals surface area (Å²) >= 11 is 5.97. The molecule has 3 aromatic rings. The predicted octanol–water partition coefficient (Wildman–Crippen LogP) is 6.64.